The van der Waals surface area contributed by atoms with Crippen LogP contribution in [0.2, 0.25) is 5.02 Å². The van der Waals surface area contributed by atoms with E-state index in [0.29, 0.717) is 31.2 Å². The van der Waals surface area contributed by atoms with Gasteiger partial charge in [0.15, 0.2) is 11.5 Å². The van der Waals surface area contributed by atoms with Crippen molar-refractivity contribution in [2.45, 2.75) is 6.42 Å². The first-order valence-corrected chi connectivity index (χ1v) is 10.2. The van der Waals surface area contributed by atoms with Crippen LogP contribution in [0.5, 0.6) is 11.5 Å². The Morgan fingerprint density at radius 1 is 1.31 bits per heavy atom. The van der Waals surface area contributed by atoms with Gasteiger partial charge in [-0.15, -0.1) is 0 Å². The zero-order valence-corrected chi connectivity index (χ0v) is 17.7. The van der Waals surface area contributed by atoms with Crippen molar-refractivity contribution in [2.75, 3.05) is 19.0 Å². The first kappa shape index (κ1) is 21.2. The van der Waals surface area contributed by atoms with E-state index in [2.05, 4.69) is 5.32 Å². The number of benzene rings is 2. The van der Waals surface area contributed by atoms with Crippen molar-refractivity contribution in [2.24, 2.45) is 0 Å². The molecule has 0 aliphatic carbocycles. The summed E-state index contributed by atoms with van der Waals surface area (Å²) >= 11 is 12.3. The summed E-state index contributed by atoms with van der Waals surface area (Å²) in [5.74, 6) is -0.156. The van der Waals surface area contributed by atoms with Crippen LogP contribution in [-0.2, 0) is 9.59 Å². The van der Waals surface area contributed by atoms with Gasteiger partial charge in [-0.1, -0.05) is 41.6 Å². The maximum absolute atomic E-state index is 12.7. The summed E-state index contributed by atoms with van der Waals surface area (Å²) in [6, 6.07) is 11.6. The second-order valence-corrected chi connectivity index (χ2v) is 8.18. The fourth-order valence-corrected chi connectivity index (χ4v) is 4.03. The fourth-order valence-electron chi connectivity index (χ4n) is 2.60. The second-order valence-electron chi connectivity index (χ2n) is 6.07. The summed E-state index contributed by atoms with van der Waals surface area (Å²) in [4.78, 5) is 26.7. The fraction of sp³-hybridized carbons (Fsp3) is 0.150. The molecule has 0 radical (unpaired) electrons. The molecule has 2 aromatic carbocycles. The quantitative estimate of drug-likeness (QED) is 0.507. The molecule has 2 amide bonds. The Morgan fingerprint density at radius 3 is 2.72 bits per heavy atom. The molecule has 3 rings (SSSR count). The molecule has 1 fully saturated rings. The molecule has 0 aromatic heterocycles. The van der Waals surface area contributed by atoms with Crippen LogP contribution in [0.15, 0.2) is 47.4 Å². The number of carbonyl (C=O) groups is 2. The van der Waals surface area contributed by atoms with Crippen molar-refractivity contribution in [1.29, 1.82) is 0 Å². The minimum Gasteiger partial charge on any atom is -0.504 e. The lowest BCUT2D eigenvalue weighted by molar-refractivity contribution is -0.122. The number of nitrogens with one attached hydrogen (secondary N) is 1. The Bertz CT molecular complexity index is 992. The zero-order chi connectivity index (χ0) is 21.0. The number of ether oxygens (including phenoxy) is 1. The number of carbonyl (C=O) groups excluding carboxylic acids is 2. The highest BCUT2D eigenvalue weighted by molar-refractivity contribution is 8.26. The molecule has 0 spiro atoms. The van der Waals surface area contributed by atoms with Crippen LogP contribution in [0, 0.1) is 0 Å². The van der Waals surface area contributed by atoms with Crippen LogP contribution < -0.4 is 10.1 Å². The van der Waals surface area contributed by atoms with E-state index < -0.39 is 0 Å². The zero-order valence-electron chi connectivity index (χ0n) is 15.3. The van der Waals surface area contributed by atoms with Crippen molar-refractivity contribution < 1.29 is 19.4 Å². The van der Waals surface area contributed by atoms with Crippen LogP contribution in [0.4, 0.5) is 5.69 Å². The number of phenolic OH excluding ortho intramolecular Hbond substituents is 1. The molecule has 0 unspecified atom stereocenters. The lowest BCUT2D eigenvalue weighted by atomic mass is 10.2. The number of anilines is 1. The van der Waals surface area contributed by atoms with Crippen LogP contribution in [0.3, 0.4) is 0 Å². The lowest BCUT2D eigenvalue weighted by Gasteiger charge is -2.14. The van der Waals surface area contributed by atoms with E-state index in [-0.39, 0.29) is 30.5 Å². The number of thioether (sulfide) groups is 1. The first-order chi connectivity index (χ1) is 13.9. The van der Waals surface area contributed by atoms with Crippen LogP contribution in [0.25, 0.3) is 6.08 Å². The Balaban J connectivity index is 1.63. The maximum Gasteiger partial charge on any atom is 0.266 e. The topological polar surface area (TPSA) is 78.9 Å². The van der Waals surface area contributed by atoms with Crippen molar-refractivity contribution in [1.82, 2.24) is 4.90 Å². The van der Waals surface area contributed by atoms with Gasteiger partial charge < -0.3 is 15.2 Å². The highest BCUT2D eigenvalue weighted by Crippen LogP contribution is 2.34. The summed E-state index contributed by atoms with van der Waals surface area (Å²) in [7, 11) is 1.45. The number of rotatable bonds is 6. The van der Waals surface area contributed by atoms with Gasteiger partial charge in [-0.25, -0.2) is 0 Å². The summed E-state index contributed by atoms with van der Waals surface area (Å²) < 4.78 is 5.48. The van der Waals surface area contributed by atoms with Gasteiger partial charge in [-0.3, -0.25) is 14.5 Å². The second kappa shape index (κ2) is 9.30. The number of amides is 2. The van der Waals surface area contributed by atoms with E-state index in [4.69, 9.17) is 28.6 Å². The number of nitrogens with zero attached hydrogens (tertiary/aromatic N) is 1. The van der Waals surface area contributed by atoms with Crippen molar-refractivity contribution in [3.8, 4) is 11.5 Å². The molecule has 0 bridgehead atoms. The van der Waals surface area contributed by atoms with Gasteiger partial charge in [0.25, 0.3) is 5.91 Å². The Kier molecular flexibility index (Phi) is 6.79. The van der Waals surface area contributed by atoms with Crippen molar-refractivity contribution >= 4 is 63.5 Å². The van der Waals surface area contributed by atoms with Gasteiger partial charge in [-0.05, 0) is 48.0 Å². The summed E-state index contributed by atoms with van der Waals surface area (Å²) in [6.45, 7) is 0.181. The monoisotopic (exact) mass is 448 g/mol. The first-order valence-electron chi connectivity index (χ1n) is 8.55. The molecule has 1 heterocycles. The van der Waals surface area contributed by atoms with E-state index in [1.807, 2.05) is 0 Å². The van der Waals surface area contributed by atoms with E-state index in [1.165, 1.54) is 29.8 Å². The molecule has 150 valence electrons. The summed E-state index contributed by atoms with van der Waals surface area (Å²) in [5.41, 5.74) is 1.33. The SMILES string of the molecule is COc1cc(/C=C2\SC(=S)N(CCC(=O)Nc3ccc(Cl)cc3)C2=O)ccc1O. The number of hydrogen-bond acceptors (Lipinski definition) is 6. The predicted molar refractivity (Wildman–Crippen MR) is 119 cm³/mol. The lowest BCUT2D eigenvalue weighted by Crippen LogP contribution is -2.31. The third kappa shape index (κ3) is 5.29. The molecular formula is C20H17ClN2O4S2. The van der Waals surface area contributed by atoms with E-state index in [0.717, 1.165) is 0 Å². The van der Waals surface area contributed by atoms with Gasteiger partial charge in [0.05, 0.1) is 12.0 Å². The van der Waals surface area contributed by atoms with E-state index in [9.17, 15) is 14.7 Å². The Hall–Kier alpha value is -2.55. The van der Waals surface area contributed by atoms with E-state index >= 15 is 0 Å². The average molecular weight is 449 g/mol. The highest BCUT2D eigenvalue weighted by Gasteiger charge is 2.32. The maximum atomic E-state index is 12.7. The van der Waals surface area contributed by atoms with Gasteiger partial charge in [0.2, 0.25) is 5.91 Å². The van der Waals surface area contributed by atoms with Gasteiger partial charge in [-0.2, -0.15) is 0 Å². The molecule has 1 aliphatic rings. The predicted octanol–water partition coefficient (Wildman–Crippen LogP) is 4.28. The molecule has 6 nitrogen and oxygen atoms in total. The molecule has 9 heteroatoms. The molecule has 1 aliphatic heterocycles. The number of hydrogen-bond donors (Lipinski definition) is 2. The molecule has 0 saturated carbocycles. The highest BCUT2D eigenvalue weighted by atomic mass is 35.5. The molecule has 2 aromatic rings. The molecular weight excluding hydrogens is 432 g/mol. The third-order valence-corrected chi connectivity index (χ3v) is 5.70. The van der Waals surface area contributed by atoms with Gasteiger partial charge in [0.1, 0.15) is 4.32 Å². The van der Waals surface area contributed by atoms with Crippen LogP contribution >= 0.6 is 35.6 Å². The molecule has 29 heavy (non-hydrogen) atoms. The Labute approximate surface area is 182 Å². The third-order valence-electron chi connectivity index (χ3n) is 4.07. The number of halogens is 1. The largest absolute Gasteiger partial charge is 0.504 e. The number of aromatic hydroxyl groups is 1. The minimum atomic E-state index is -0.258. The van der Waals surface area contributed by atoms with E-state index in [1.54, 1.807) is 42.5 Å². The van der Waals surface area contributed by atoms with Crippen molar-refractivity contribution in [3.05, 3.63) is 58.0 Å². The van der Waals surface area contributed by atoms with Crippen molar-refractivity contribution in [3.63, 3.8) is 0 Å². The normalized spacial score (nSPS) is 15.1. The summed E-state index contributed by atoms with van der Waals surface area (Å²) in [6.07, 6.45) is 1.78. The number of phenols is 1. The van der Waals surface area contributed by atoms with Crippen LogP contribution in [0.1, 0.15) is 12.0 Å². The number of thiocarbonyl (C=S) groups is 1. The van der Waals surface area contributed by atoms with Gasteiger partial charge in [0, 0.05) is 23.7 Å². The van der Waals surface area contributed by atoms with Crippen LogP contribution in [-0.4, -0.2) is 39.8 Å². The Morgan fingerprint density at radius 2 is 2.03 bits per heavy atom. The molecule has 0 atom stereocenters. The average Bonchev–Trinajstić information content (AvgIpc) is 2.96. The summed E-state index contributed by atoms with van der Waals surface area (Å²) in [5, 5.41) is 13.0. The smallest absolute Gasteiger partial charge is 0.266 e. The number of methoxy groups -OCH3 is 1. The van der Waals surface area contributed by atoms with Gasteiger partial charge >= 0.3 is 0 Å². The molecule has 1 saturated heterocycles. The minimum absolute atomic E-state index is 0.0175. The molecule has 2 N–H and O–H groups in total. The standard InChI is InChI=1S/C20H17ClN2O4S2/c1-27-16-10-12(2-7-15(16)24)11-17-19(26)23(20(28)29-17)9-8-18(25)22-14-5-3-13(21)4-6-14/h2-7,10-11,24H,8-9H2,1H3,(H,22,25)/b17-11-.